The molecule has 1 aliphatic carbocycles. The molecule has 0 aliphatic heterocycles. The predicted molar refractivity (Wildman–Crippen MR) is 123 cm³/mol. The van der Waals surface area contributed by atoms with Crippen LogP contribution in [0.4, 0.5) is 11.5 Å². The average molecular weight is 453 g/mol. The molecule has 0 radical (unpaired) electrons. The molecule has 0 saturated heterocycles. The number of aryl methyl sites for hydroxylation is 1. The van der Waals surface area contributed by atoms with Gasteiger partial charge in [0.25, 0.3) is 0 Å². The first-order valence-electron chi connectivity index (χ1n) is 10.5. The van der Waals surface area contributed by atoms with Gasteiger partial charge in [-0.1, -0.05) is 0 Å². The summed E-state index contributed by atoms with van der Waals surface area (Å²) in [6, 6.07) is 3.90. The zero-order valence-corrected chi connectivity index (χ0v) is 19.0. The van der Waals surface area contributed by atoms with Crippen molar-refractivity contribution in [1.29, 1.82) is 0 Å². The molecule has 9 nitrogen and oxygen atoms in total. The average Bonchev–Trinajstić information content (AvgIpc) is 3.42. The predicted octanol–water partition coefficient (Wildman–Crippen LogP) is 3.83. The first kappa shape index (κ1) is 20.7. The van der Waals surface area contributed by atoms with E-state index in [1.165, 1.54) is 22.6 Å². The van der Waals surface area contributed by atoms with Crippen molar-refractivity contribution in [3.8, 4) is 5.75 Å². The lowest BCUT2D eigenvalue weighted by Gasteiger charge is -2.26. The molecule has 5 rings (SSSR count). The number of H-pyrrole nitrogens is 1. The van der Waals surface area contributed by atoms with Crippen LogP contribution < -0.4 is 10.1 Å². The number of carbonyl (C=O) groups is 1. The Bertz CT molecular complexity index is 1300. The van der Waals surface area contributed by atoms with Crippen LogP contribution in [0.2, 0.25) is 0 Å². The zero-order valence-electron chi connectivity index (χ0n) is 18.1. The Morgan fingerprint density at radius 2 is 2.22 bits per heavy atom. The van der Waals surface area contributed by atoms with Crippen LogP contribution in [-0.2, 0) is 22.5 Å². The number of aromatic amines is 1. The highest BCUT2D eigenvalue weighted by molar-refractivity contribution is 7.19. The van der Waals surface area contributed by atoms with Gasteiger partial charge in [0.15, 0.2) is 0 Å². The summed E-state index contributed by atoms with van der Waals surface area (Å²) in [5.74, 6) is 1.40. The largest absolute Gasteiger partial charge is 0.494 e. The smallest absolute Gasteiger partial charge is 0.249 e. The lowest BCUT2D eigenvalue weighted by atomic mass is 9.87. The molecule has 1 aromatic carbocycles. The quantitative estimate of drug-likeness (QED) is 0.428. The summed E-state index contributed by atoms with van der Waals surface area (Å²) in [6.07, 6.45) is 5.61. The van der Waals surface area contributed by atoms with Crippen molar-refractivity contribution in [3.63, 3.8) is 0 Å². The molecule has 0 saturated carbocycles. The van der Waals surface area contributed by atoms with E-state index < -0.39 is 0 Å². The maximum Gasteiger partial charge on any atom is 0.249 e. The molecule has 3 heterocycles. The maximum absolute atomic E-state index is 12.8. The Hall–Kier alpha value is -3.24. The van der Waals surface area contributed by atoms with E-state index in [1.54, 1.807) is 31.0 Å². The molecule has 1 amide bonds. The first-order chi connectivity index (χ1) is 15.6. The zero-order chi connectivity index (χ0) is 22.2. The van der Waals surface area contributed by atoms with E-state index in [0.29, 0.717) is 18.7 Å². The Morgan fingerprint density at radius 1 is 1.34 bits per heavy atom. The Balaban J connectivity index is 1.50. The molecule has 1 aliphatic rings. The summed E-state index contributed by atoms with van der Waals surface area (Å²) in [6.45, 7) is 2.45. The van der Waals surface area contributed by atoms with Crippen LogP contribution in [0.1, 0.15) is 23.8 Å². The minimum Gasteiger partial charge on any atom is -0.494 e. The van der Waals surface area contributed by atoms with Crippen LogP contribution in [-0.4, -0.2) is 51.9 Å². The molecule has 0 fully saturated rings. The Kier molecular flexibility index (Phi) is 5.40. The van der Waals surface area contributed by atoms with Gasteiger partial charge < -0.3 is 10.1 Å². The molecule has 0 spiro atoms. The van der Waals surface area contributed by atoms with Gasteiger partial charge in [-0.05, 0) is 37.8 Å². The van der Waals surface area contributed by atoms with Gasteiger partial charge >= 0.3 is 0 Å². The number of benzene rings is 1. The monoisotopic (exact) mass is 452 g/mol. The number of carbonyl (C=O) groups excluding carboxylic acids is 1. The fourth-order valence-corrected chi connectivity index (χ4v) is 5.63. The van der Waals surface area contributed by atoms with E-state index in [2.05, 4.69) is 25.5 Å². The molecule has 1 atom stereocenters. The van der Waals surface area contributed by atoms with Gasteiger partial charge in [0.05, 0.1) is 37.0 Å². The maximum atomic E-state index is 12.8. The van der Waals surface area contributed by atoms with Crippen molar-refractivity contribution in [2.75, 3.05) is 26.1 Å². The van der Waals surface area contributed by atoms with Crippen LogP contribution in [0.15, 0.2) is 24.7 Å². The van der Waals surface area contributed by atoms with E-state index in [4.69, 9.17) is 9.57 Å². The standard InChI is InChI=1S/C22H24N6O3S/c1-4-28(31-3)22(29)12-5-6-14-18(8-12)32-21-19(14)20(23-11-24-21)26-16-7-13-10-25-27-15(13)9-17(16)30-2/h7,9-12H,4-6,8H2,1-3H3,(H,25,27)(H,23,24,26). The second kappa shape index (κ2) is 8.36. The second-order valence-electron chi connectivity index (χ2n) is 7.70. The Morgan fingerprint density at radius 3 is 3.00 bits per heavy atom. The summed E-state index contributed by atoms with van der Waals surface area (Å²) in [5, 5.41) is 13.9. The lowest BCUT2D eigenvalue weighted by molar-refractivity contribution is -0.179. The van der Waals surface area contributed by atoms with Crippen LogP contribution in [0.5, 0.6) is 5.75 Å². The number of fused-ring (bicyclic) bond motifs is 4. The number of hydroxylamine groups is 2. The fourth-order valence-electron chi connectivity index (χ4n) is 4.36. The molecule has 10 heteroatoms. The third-order valence-electron chi connectivity index (χ3n) is 5.96. The van der Waals surface area contributed by atoms with Crippen LogP contribution in [0.3, 0.4) is 0 Å². The van der Waals surface area contributed by atoms with Gasteiger partial charge in [-0.2, -0.15) is 5.10 Å². The van der Waals surface area contributed by atoms with Crippen LogP contribution in [0.25, 0.3) is 21.1 Å². The number of amides is 1. The number of thiophene rings is 1. The van der Waals surface area contributed by atoms with Gasteiger partial charge in [-0.3, -0.25) is 14.7 Å². The van der Waals surface area contributed by atoms with Crippen molar-refractivity contribution >= 4 is 49.9 Å². The third-order valence-corrected chi connectivity index (χ3v) is 7.12. The van der Waals surface area contributed by atoms with Crippen LogP contribution in [0, 0.1) is 5.92 Å². The number of hydrogen-bond donors (Lipinski definition) is 2. The summed E-state index contributed by atoms with van der Waals surface area (Å²) >= 11 is 1.64. The van der Waals surface area contributed by atoms with Crippen molar-refractivity contribution in [1.82, 2.24) is 25.2 Å². The number of aromatic nitrogens is 4. The van der Waals surface area contributed by atoms with E-state index in [1.807, 2.05) is 19.1 Å². The molecule has 4 aromatic rings. The van der Waals surface area contributed by atoms with Gasteiger partial charge in [0.1, 0.15) is 22.7 Å². The molecular formula is C22H24N6O3S. The molecule has 0 bridgehead atoms. The Labute approximate surface area is 188 Å². The van der Waals surface area contributed by atoms with Gasteiger partial charge in [0.2, 0.25) is 5.91 Å². The highest BCUT2D eigenvalue weighted by Gasteiger charge is 2.31. The van der Waals surface area contributed by atoms with E-state index in [-0.39, 0.29) is 11.8 Å². The van der Waals surface area contributed by atoms with E-state index in [9.17, 15) is 4.79 Å². The number of hydrogen-bond acceptors (Lipinski definition) is 8. The first-order valence-corrected chi connectivity index (χ1v) is 11.3. The van der Waals surface area contributed by atoms with E-state index in [0.717, 1.165) is 45.5 Å². The molecule has 32 heavy (non-hydrogen) atoms. The molecule has 1 unspecified atom stereocenters. The molecule has 2 N–H and O–H groups in total. The highest BCUT2D eigenvalue weighted by atomic mass is 32.1. The third kappa shape index (κ3) is 3.45. The number of nitrogens with zero attached hydrogens (tertiary/aromatic N) is 4. The highest BCUT2D eigenvalue weighted by Crippen LogP contribution is 2.41. The summed E-state index contributed by atoms with van der Waals surface area (Å²) in [7, 11) is 3.18. The summed E-state index contributed by atoms with van der Waals surface area (Å²) < 4.78 is 5.58. The van der Waals surface area contributed by atoms with Gasteiger partial charge in [-0.15, -0.1) is 11.3 Å². The minimum absolute atomic E-state index is 0.0423. The number of nitrogens with one attached hydrogen (secondary N) is 2. The van der Waals surface area contributed by atoms with E-state index >= 15 is 0 Å². The van der Waals surface area contributed by atoms with Crippen molar-refractivity contribution in [2.45, 2.75) is 26.2 Å². The minimum atomic E-state index is -0.0802. The van der Waals surface area contributed by atoms with Gasteiger partial charge in [-0.25, -0.2) is 15.0 Å². The molecule has 3 aromatic heterocycles. The normalized spacial score (nSPS) is 15.7. The number of methoxy groups -OCH3 is 1. The number of anilines is 2. The fraction of sp³-hybridized carbons (Fsp3) is 0.364. The second-order valence-corrected chi connectivity index (χ2v) is 8.78. The summed E-state index contributed by atoms with van der Waals surface area (Å²) in [4.78, 5) is 29.2. The topological polar surface area (TPSA) is 105 Å². The summed E-state index contributed by atoms with van der Waals surface area (Å²) in [5.41, 5.74) is 2.94. The number of ether oxygens (including phenoxy) is 1. The van der Waals surface area contributed by atoms with Crippen molar-refractivity contribution in [3.05, 3.63) is 35.1 Å². The molecule has 166 valence electrons. The van der Waals surface area contributed by atoms with Gasteiger partial charge in [0, 0.05) is 28.8 Å². The number of rotatable bonds is 6. The van der Waals surface area contributed by atoms with Crippen molar-refractivity contribution < 1.29 is 14.4 Å². The molecular weight excluding hydrogens is 428 g/mol. The SMILES string of the molecule is CCN(OC)C(=O)C1CCc2c(sc3ncnc(Nc4cc5cn[nH]c5cc4OC)c23)C1. The van der Waals surface area contributed by atoms with Crippen LogP contribution >= 0.6 is 11.3 Å². The van der Waals surface area contributed by atoms with Crippen molar-refractivity contribution in [2.24, 2.45) is 5.92 Å². The lowest BCUT2D eigenvalue weighted by Crippen LogP contribution is -2.37.